The molecule has 0 aliphatic carbocycles. The summed E-state index contributed by atoms with van der Waals surface area (Å²) >= 11 is 5.37. The quantitative estimate of drug-likeness (QED) is 0.498. The van der Waals surface area contributed by atoms with Crippen LogP contribution in [0.4, 0.5) is 0 Å². The molecule has 0 heterocycles. The van der Waals surface area contributed by atoms with Gasteiger partial charge in [-0.3, -0.25) is 0 Å². The Hall–Kier alpha value is 0.500. The Morgan fingerprint density at radius 3 is 2.44 bits per heavy atom. The van der Waals surface area contributed by atoms with Crippen LogP contribution < -0.4 is 5.73 Å². The van der Waals surface area contributed by atoms with E-state index < -0.39 is 0 Å². The lowest BCUT2D eigenvalue weighted by atomic mass is 10.5. The third-order valence-electron chi connectivity index (χ3n) is 0.684. The van der Waals surface area contributed by atoms with E-state index in [2.05, 4.69) is 0 Å². The van der Waals surface area contributed by atoms with Crippen molar-refractivity contribution < 1.29 is 4.74 Å². The van der Waals surface area contributed by atoms with Gasteiger partial charge < -0.3 is 10.5 Å². The first-order valence-corrected chi connectivity index (χ1v) is 3.29. The Bertz CT molecular complexity index is 39.9. The van der Waals surface area contributed by atoms with Crippen molar-refractivity contribution >= 4 is 24.0 Å². The van der Waals surface area contributed by atoms with E-state index in [1.54, 1.807) is 0 Å². The molecule has 0 saturated carbocycles. The smallest absolute Gasteiger partial charge is 0.0588 e. The Morgan fingerprint density at radius 1 is 1.33 bits per heavy atom. The van der Waals surface area contributed by atoms with Crippen LogP contribution in [0.25, 0.3) is 0 Å². The van der Waals surface area contributed by atoms with Gasteiger partial charge in [0.1, 0.15) is 0 Å². The molecule has 2 nitrogen and oxygen atoms in total. The van der Waals surface area contributed by atoms with E-state index >= 15 is 0 Å². The van der Waals surface area contributed by atoms with Gasteiger partial charge in [-0.1, -0.05) is 0 Å². The number of rotatable bonds is 5. The van der Waals surface area contributed by atoms with E-state index in [4.69, 9.17) is 22.1 Å². The molecule has 0 saturated heterocycles. The van der Waals surface area contributed by atoms with Crippen molar-refractivity contribution in [3.63, 3.8) is 0 Å². The first-order chi connectivity index (χ1) is 3.91. The Kier molecular flexibility index (Phi) is 15.3. The maximum absolute atomic E-state index is 5.37. The number of halogens is 2. The van der Waals surface area contributed by atoms with Gasteiger partial charge >= 0.3 is 0 Å². The van der Waals surface area contributed by atoms with Crippen LogP contribution >= 0.6 is 24.0 Å². The zero-order valence-electron chi connectivity index (χ0n) is 5.31. The fourth-order valence-corrected chi connectivity index (χ4v) is 0.451. The normalized spacial score (nSPS) is 8.67. The average Bonchev–Trinajstić information content (AvgIpc) is 1.81. The first kappa shape index (κ1) is 12.2. The van der Waals surface area contributed by atoms with Crippen molar-refractivity contribution in [3.8, 4) is 0 Å². The molecule has 4 heteroatoms. The molecule has 0 radical (unpaired) electrons. The number of ether oxygens (including phenoxy) is 1. The summed E-state index contributed by atoms with van der Waals surface area (Å²) < 4.78 is 5.01. The molecule has 0 aromatic rings. The van der Waals surface area contributed by atoms with Gasteiger partial charge in [0.05, 0.1) is 6.61 Å². The fraction of sp³-hybridized carbons (Fsp3) is 1.00. The maximum atomic E-state index is 5.37. The van der Waals surface area contributed by atoms with Gasteiger partial charge in [0, 0.05) is 19.0 Å². The molecule has 0 fully saturated rings. The molecule has 0 aromatic heterocycles. The summed E-state index contributed by atoms with van der Waals surface area (Å²) in [6.45, 7) is 1.99. The molecule has 0 aliphatic heterocycles. The summed E-state index contributed by atoms with van der Waals surface area (Å²) in [6.07, 6.45) is 0.918. The highest BCUT2D eigenvalue weighted by Crippen LogP contribution is 1.84. The Labute approximate surface area is 67.1 Å². The Balaban J connectivity index is 0. The SMILES string of the molecule is Cl.NCCOCCCCl. The Morgan fingerprint density at radius 2 is 2.00 bits per heavy atom. The van der Waals surface area contributed by atoms with Gasteiger partial charge in [-0.05, 0) is 6.42 Å². The number of hydrogen-bond acceptors (Lipinski definition) is 2. The molecule has 0 aliphatic rings. The van der Waals surface area contributed by atoms with Crippen LogP contribution in [-0.2, 0) is 4.74 Å². The van der Waals surface area contributed by atoms with Crippen molar-refractivity contribution in [1.29, 1.82) is 0 Å². The van der Waals surface area contributed by atoms with E-state index in [-0.39, 0.29) is 12.4 Å². The van der Waals surface area contributed by atoms with E-state index in [1.165, 1.54) is 0 Å². The third-order valence-corrected chi connectivity index (χ3v) is 0.952. The summed E-state index contributed by atoms with van der Waals surface area (Å²) in [4.78, 5) is 0. The molecule has 58 valence electrons. The molecule has 0 rings (SSSR count). The minimum Gasteiger partial charge on any atom is -0.380 e. The van der Waals surface area contributed by atoms with Crippen LogP contribution in [0, 0.1) is 0 Å². The zero-order chi connectivity index (χ0) is 6.24. The fourth-order valence-electron chi connectivity index (χ4n) is 0.342. The van der Waals surface area contributed by atoms with Gasteiger partial charge in [-0.15, -0.1) is 24.0 Å². The molecular formula is C5H13Cl2NO. The van der Waals surface area contributed by atoms with Gasteiger partial charge in [-0.2, -0.15) is 0 Å². The van der Waals surface area contributed by atoms with Crippen LogP contribution in [0.1, 0.15) is 6.42 Å². The maximum Gasteiger partial charge on any atom is 0.0588 e. The molecule has 0 bridgehead atoms. The molecule has 9 heavy (non-hydrogen) atoms. The van der Waals surface area contributed by atoms with Crippen LogP contribution in [0.5, 0.6) is 0 Å². The summed E-state index contributed by atoms with van der Waals surface area (Å²) in [5, 5.41) is 0. The molecule has 0 atom stereocenters. The third kappa shape index (κ3) is 11.9. The van der Waals surface area contributed by atoms with Crippen molar-refractivity contribution in [3.05, 3.63) is 0 Å². The van der Waals surface area contributed by atoms with Gasteiger partial charge in [0.2, 0.25) is 0 Å². The summed E-state index contributed by atoms with van der Waals surface area (Å²) in [5.41, 5.74) is 5.15. The van der Waals surface area contributed by atoms with Gasteiger partial charge in [0.25, 0.3) is 0 Å². The van der Waals surface area contributed by atoms with E-state index in [1.807, 2.05) is 0 Å². The van der Waals surface area contributed by atoms with Crippen molar-refractivity contribution in [2.75, 3.05) is 25.6 Å². The van der Waals surface area contributed by atoms with Crippen molar-refractivity contribution in [2.45, 2.75) is 6.42 Å². The molecule has 0 aromatic carbocycles. The van der Waals surface area contributed by atoms with Gasteiger partial charge in [-0.25, -0.2) is 0 Å². The second-order valence-electron chi connectivity index (χ2n) is 1.44. The van der Waals surface area contributed by atoms with E-state index in [0.29, 0.717) is 19.0 Å². The van der Waals surface area contributed by atoms with Crippen LogP contribution in [0.15, 0.2) is 0 Å². The number of alkyl halides is 1. The highest BCUT2D eigenvalue weighted by Gasteiger charge is 1.82. The molecule has 2 N–H and O–H groups in total. The summed E-state index contributed by atoms with van der Waals surface area (Å²) in [6, 6.07) is 0. The highest BCUT2D eigenvalue weighted by atomic mass is 35.5. The predicted octanol–water partition coefficient (Wildman–Crippen LogP) is 1.01. The number of nitrogens with two attached hydrogens (primary N) is 1. The monoisotopic (exact) mass is 173 g/mol. The van der Waals surface area contributed by atoms with Crippen LogP contribution in [0.3, 0.4) is 0 Å². The minimum absolute atomic E-state index is 0. The lowest BCUT2D eigenvalue weighted by molar-refractivity contribution is 0.143. The van der Waals surface area contributed by atoms with Crippen molar-refractivity contribution in [1.82, 2.24) is 0 Å². The second kappa shape index (κ2) is 11.3. The lowest BCUT2D eigenvalue weighted by Crippen LogP contribution is -2.08. The summed E-state index contributed by atoms with van der Waals surface area (Å²) in [5.74, 6) is 0.671. The molecular weight excluding hydrogens is 161 g/mol. The lowest BCUT2D eigenvalue weighted by Gasteiger charge is -1.97. The summed E-state index contributed by atoms with van der Waals surface area (Å²) in [7, 11) is 0. The van der Waals surface area contributed by atoms with E-state index in [0.717, 1.165) is 13.0 Å². The number of hydrogen-bond donors (Lipinski definition) is 1. The standard InChI is InChI=1S/C5H12ClNO.ClH/c6-2-1-4-8-5-3-7;/h1-5,7H2;1H. The predicted molar refractivity (Wildman–Crippen MR) is 42.5 cm³/mol. The second-order valence-corrected chi connectivity index (χ2v) is 1.82. The highest BCUT2D eigenvalue weighted by molar-refractivity contribution is 6.17. The van der Waals surface area contributed by atoms with Gasteiger partial charge in [0.15, 0.2) is 0 Å². The molecule has 0 spiro atoms. The van der Waals surface area contributed by atoms with Crippen LogP contribution in [0.2, 0.25) is 0 Å². The van der Waals surface area contributed by atoms with Crippen LogP contribution in [-0.4, -0.2) is 25.6 Å². The molecule has 0 unspecified atom stereocenters. The average molecular weight is 174 g/mol. The van der Waals surface area contributed by atoms with Crippen molar-refractivity contribution in [2.24, 2.45) is 5.73 Å². The first-order valence-electron chi connectivity index (χ1n) is 2.75. The topological polar surface area (TPSA) is 35.2 Å². The minimum atomic E-state index is 0. The van der Waals surface area contributed by atoms with E-state index in [9.17, 15) is 0 Å². The molecule has 0 amide bonds. The largest absolute Gasteiger partial charge is 0.380 e. The zero-order valence-corrected chi connectivity index (χ0v) is 6.88.